The summed E-state index contributed by atoms with van der Waals surface area (Å²) < 4.78 is 5.03. The molecule has 0 atom stereocenters. The van der Waals surface area contributed by atoms with Crippen molar-refractivity contribution in [1.29, 1.82) is 0 Å². The molecule has 106 valence electrons. The molecule has 0 radical (unpaired) electrons. The van der Waals surface area contributed by atoms with Gasteiger partial charge >= 0.3 is 5.97 Å². The van der Waals surface area contributed by atoms with E-state index in [4.69, 9.17) is 4.74 Å². The number of Topliss-reactive ketones (excluding diaryl/α,β-unsaturated/α-hetero) is 1. The van der Waals surface area contributed by atoms with Crippen LogP contribution in [0.5, 0.6) is 0 Å². The maximum atomic E-state index is 11.9. The van der Waals surface area contributed by atoms with Gasteiger partial charge in [0, 0.05) is 5.56 Å². The zero-order chi connectivity index (χ0) is 15.2. The molecule has 0 aliphatic rings. The van der Waals surface area contributed by atoms with Gasteiger partial charge in [0.15, 0.2) is 12.4 Å². The van der Waals surface area contributed by atoms with Crippen molar-refractivity contribution in [2.24, 2.45) is 0 Å². The lowest BCUT2D eigenvalue weighted by molar-refractivity contribution is 0.0475. The molecule has 0 unspecified atom stereocenters. The number of carbonyl (C=O) groups is 2. The van der Waals surface area contributed by atoms with Gasteiger partial charge < -0.3 is 4.74 Å². The minimum Gasteiger partial charge on any atom is -0.454 e. The summed E-state index contributed by atoms with van der Waals surface area (Å²) in [7, 11) is 0. The van der Waals surface area contributed by atoms with Crippen LogP contribution >= 0.6 is 0 Å². The van der Waals surface area contributed by atoms with Gasteiger partial charge in [-0.15, -0.1) is 0 Å². The Hall–Kier alpha value is -2.68. The first-order valence-electron chi connectivity index (χ1n) is 6.59. The fourth-order valence-electron chi connectivity index (χ4n) is 1.79. The highest BCUT2D eigenvalue weighted by Crippen LogP contribution is 2.08. The van der Waals surface area contributed by atoms with E-state index >= 15 is 0 Å². The maximum absolute atomic E-state index is 11.9. The number of aryl methyl sites for hydroxylation is 1. The van der Waals surface area contributed by atoms with Crippen LogP contribution in [0.1, 0.15) is 31.8 Å². The molecule has 21 heavy (non-hydrogen) atoms. The van der Waals surface area contributed by atoms with Crippen molar-refractivity contribution in [3.63, 3.8) is 0 Å². The predicted octanol–water partition coefficient (Wildman–Crippen LogP) is 3.68. The van der Waals surface area contributed by atoms with E-state index in [-0.39, 0.29) is 12.4 Å². The van der Waals surface area contributed by atoms with E-state index < -0.39 is 5.97 Å². The molecule has 0 heterocycles. The minimum absolute atomic E-state index is 0.217. The van der Waals surface area contributed by atoms with Crippen molar-refractivity contribution in [1.82, 2.24) is 0 Å². The minimum atomic E-state index is -0.508. The average molecular weight is 280 g/mol. The van der Waals surface area contributed by atoms with Crippen LogP contribution in [0, 0.1) is 6.92 Å². The van der Waals surface area contributed by atoms with Gasteiger partial charge in [0.25, 0.3) is 0 Å². The van der Waals surface area contributed by atoms with Crippen LogP contribution in [0.15, 0.2) is 55.1 Å². The Morgan fingerprint density at radius 2 is 1.57 bits per heavy atom. The zero-order valence-corrected chi connectivity index (χ0v) is 11.8. The Kier molecular flexibility index (Phi) is 4.67. The fraction of sp³-hybridized carbons (Fsp3) is 0.111. The summed E-state index contributed by atoms with van der Waals surface area (Å²) >= 11 is 0. The number of esters is 1. The second-order valence-electron chi connectivity index (χ2n) is 4.69. The predicted molar refractivity (Wildman–Crippen MR) is 82.3 cm³/mol. The Morgan fingerprint density at radius 1 is 1.00 bits per heavy atom. The molecule has 3 nitrogen and oxygen atoms in total. The molecule has 2 aromatic carbocycles. The van der Waals surface area contributed by atoms with Gasteiger partial charge in [-0.1, -0.05) is 54.6 Å². The Labute approximate surface area is 123 Å². The highest BCUT2D eigenvalue weighted by atomic mass is 16.5. The SMILES string of the molecule is C=Cc1ccc(C(=O)OCC(=O)c2ccc(C)cc2)cc1. The highest BCUT2D eigenvalue weighted by Gasteiger charge is 2.11. The molecule has 0 aliphatic heterocycles. The van der Waals surface area contributed by atoms with Crippen molar-refractivity contribution in [2.75, 3.05) is 6.61 Å². The van der Waals surface area contributed by atoms with Gasteiger partial charge in [0.1, 0.15) is 0 Å². The van der Waals surface area contributed by atoms with Crippen molar-refractivity contribution in [3.8, 4) is 0 Å². The summed E-state index contributed by atoms with van der Waals surface area (Å²) in [5, 5.41) is 0. The molecule has 0 N–H and O–H groups in total. The standard InChI is InChI=1S/C18H16O3/c1-3-14-6-10-16(11-7-14)18(20)21-12-17(19)15-8-4-13(2)5-9-15/h3-11H,1,12H2,2H3. The largest absolute Gasteiger partial charge is 0.454 e. The maximum Gasteiger partial charge on any atom is 0.338 e. The van der Waals surface area contributed by atoms with Crippen LogP contribution in [-0.2, 0) is 4.74 Å². The second kappa shape index (κ2) is 6.66. The van der Waals surface area contributed by atoms with Crippen molar-refractivity contribution in [2.45, 2.75) is 6.92 Å². The molecule has 3 heteroatoms. The molecule has 2 aromatic rings. The molecule has 2 rings (SSSR count). The smallest absolute Gasteiger partial charge is 0.338 e. The molecular formula is C18H16O3. The van der Waals surface area contributed by atoms with E-state index in [1.807, 2.05) is 19.1 Å². The van der Waals surface area contributed by atoms with E-state index in [0.29, 0.717) is 11.1 Å². The fourth-order valence-corrected chi connectivity index (χ4v) is 1.79. The van der Waals surface area contributed by atoms with Crippen LogP contribution in [-0.4, -0.2) is 18.4 Å². The van der Waals surface area contributed by atoms with Crippen molar-refractivity contribution in [3.05, 3.63) is 77.4 Å². The van der Waals surface area contributed by atoms with Crippen molar-refractivity contribution < 1.29 is 14.3 Å². The molecule has 0 saturated heterocycles. The van der Waals surface area contributed by atoms with Gasteiger partial charge in [-0.25, -0.2) is 4.79 Å². The van der Waals surface area contributed by atoms with Gasteiger partial charge in [0.2, 0.25) is 0 Å². The first kappa shape index (κ1) is 14.7. The Bertz CT molecular complexity index is 652. The zero-order valence-electron chi connectivity index (χ0n) is 11.8. The Morgan fingerprint density at radius 3 is 2.14 bits per heavy atom. The number of benzene rings is 2. The highest BCUT2D eigenvalue weighted by molar-refractivity contribution is 5.99. The van der Waals surface area contributed by atoms with Crippen LogP contribution in [0.25, 0.3) is 6.08 Å². The van der Waals surface area contributed by atoms with Crippen LogP contribution in [0.2, 0.25) is 0 Å². The van der Waals surface area contributed by atoms with Gasteiger partial charge in [0.05, 0.1) is 5.56 Å². The van der Waals surface area contributed by atoms with E-state index in [1.54, 1.807) is 42.5 Å². The van der Waals surface area contributed by atoms with Crippen LogP contribution in [0.3, 0.4) is 0 Å². The number of ether oxygens (including phenoxy) is 1. The third-order valence-corrected chi connectivity index (χ3v) is 3.09. The second-order valence-corrected chi connectivity index (χ2v) is 4.69. The van der Waals surface area contributed by atoms with Gasteiger partial charge in [-0.05, 0) is 24.6 Å². The normalized spacial score (nSPS) is 9.95. The first-order chi connectivity index (χ1) is 10.1. The summed E-state index contributed by atoms with van der Waals surface area (Å²) in [4.78, 5) is 23.7. The van der Waals surface area contributed by atoms with Crippen LogP contribution in [0.4, 0.5) is 0 Å². The number of hydrogen-bond donors (Lipinski definition) is 0. The molecule has 0 bridgehead atoms. The first-order valence-corrected chi connectivity index (χ1v) is 6.59. The third-order valence-electron chi connectivity index (χ3n) is 3.09. The van der Waals surface area contributed by atoms with E-state index in [9.17, 15) is 9.59 Å². The molecule has 0 saturated carbocycles. The topological polar surface area (TPSA) is 43.4 Å². The van der Waals surface area contributed by atoms with Gasteiger partial charge in [-0.3, -0.25) is 4.79 Å². The van der Waals surface area contributed by atoms with Crippen molar-refractivity contribution >= 4 is 17.8 Å². The lowest BCUT2D eigenvalue weighted by Crippen LogP contribution is -2.14. The van der Waals surface area contributed by atoms with Gasteiger partial charge in [-0.2, -0.15) is 0 Å². The van der Waals surface area contributed by atoms with E-state index in [0.717, 1.165) is 11.1 Å². The van der Waals surface area contributed by atoms with E-state index in [1.165, 1.54) is 0 Å². The molecular weight excluding hydrogens is 264 g/mol. The Balaban J connectivity index is 1.95. The average Bonchev–Trinajstić information content (AvgIpc) is 2.53. The summed E-state index contributed by atoms with van der Waals surface area (Å²) in [5.41, 5.74) is 2.95. The molecule has 0 amide bonds. The number of rotatable bonds is 5. The molecule has 0 aliphatic carbocycles. The summed E-state index contributed by atoms with van der Waals surface area (Å²) in [6.45, 7) is 5.33. The number of hydrogen-bond acceptors (Lipinski definition) is 3. The lowest BCUT2D eigenvalue weighted by Gasteiger charge is -2.05. The monoisotopic (exact) mass is 280 g/mol. The summed E-state index contributed by atoms with van der Waals surface area (Å²) in [6.07, 6.45) is 1.69. The molecule has 0 fully saturated rings. The van der Waals surface area contributed by atoms with E-state index in [2.05, 4.69) is 6.58 Å². The lowest BCUT2D eigenvalue weighted by atomic mass is 10.1. The third kappa shape index (κ3) is 3.89. The number of ketones is 1. The number of carbonyl (C=O) groups excluding carboxylic acids is 2. The summed E-state index contributed by atoms with van der Waals surface area (Å²) in [6, 6.07) is 14.0. The quantitative estimate of drug-likeness (QED) is 0.620. The molecule has 0 spiro atoms. The molecule has 0 aromatic heterocycles. The summed E-state index contributed by atoms with van der Waals surface area (Å²) in [5.74, 6) is -0.725. The van der Waals surface area contributed by atoms with Crippen LogP contribution < -0.4 is 0 Å².